The lowest BCUT2D eigenvalue weighted by atomic mass is 9.78. The highest BCUT2D eigenvalue weighted by atomic mass is 127. The van der Waals surface area contributed by atoms with E-state index < -0.39 is 12.2 Å². The molecule has 0 amide bonds. The molecule has 3 N–H and O–H groups in total. The fourth-order valence-corrected chi connectivity index (χ4v) is 4.26. The quantitative estimate of drug-likeness (QED) is 0.205. The van der Waals surface area contributed by atoms with Gasteiger partial charge in [-0.15, -0.1) is 16.7 Å². The van der Waals surface area contributed by atoms with Gasteiger partial charge in [0.2, 0.25) is 0 Å². The average molecular weight is 636 g/mol. The van der Waals surface area contributed by atoms with E-state index in [2.05, 4.69) is 24.2 Å². The molecule has 8 nitrogen and oxygen atoms in total. The van der Waals surface area contributed by atoms with Crippen molar-refractivity contribution in [3.8, 4) is 11.5 Å². The summed E-state index contributed by atoms with van der Waals surface area (Å²) >= 11 is 14.1. The fourth-order valence-electron chi connectivity index (χ4n) is 3.37. The summed E-state index contributed by atoms with van der Waals surface area (Å²) in [4.78, 5) is 0. The molecule has 0 aliphatic rings. The summed E-state index contributed by atoms with van der Waals surface area (Å²) in [5, 5.41) is 37.4. The molecule has 0 spiro atoms. The van der Waals surface area contributed by atoms with E-state index in [4.69, 9.17) is 32.7 Å². The van der Waals surface area contributed by atoms with Gasteiger partial charge in [-0.05, 0) is 58.0 Å². The van der Waals surface area contributed by atoms with Gasteiger partial charge >= 0.3 is 0 Å². The molecule has 1 heterocycles. The summed E-state index contributed by atoms with van der Waals surface area (Å²) < 4.78 is 13.5. The van der Waals surface area contributed by atoms with Crippen LogP contribution in [0.4, 0.5) is 0 Å². The Kier molecular flexibility index (Phi) is 10.0. The summed E-state index contributed by atoms with van der Waals surface area (Å²) in [5.74, 6) is 1.21. The van der Waals surface area contributed by atoms with Crippen molar-refractivity contribution in [2.75, 3.05) is 19.1 Å². The first-order valence-electron chi connectivity index (χ1n) is 10.9. The van der Waals surface area contributed by atoms with E-state index in [0.717, 1.165) is 11.1 Å². The van der Waals surface area contributed by atoms with Gasteiger partial charge in [-0.1, -0.05) is 48.9 Å². The third kappa shape index (κ3) is 7.21. The van der Waals surface area contributed by atoms with E-state index in [9.17, 15) is 15.3 Å². The lowest BCUT2D eigenvalue weighted by molar-refractivity contribution is 0.0881. The highest BCUT2D eigenvalue weighted by molar-refractivity contribution is 14.1. The van der Waals surface area contributed by atoms with Crippen molar-refractivity contribution in [3.63, 3.8) is 0 Å². The molecule has 35 heavy (non-hydrogen) atoms. The maximum absolute atomic E-state index is 10.3. The molecule has 2 atom stereocenters. The molecule has 0 saturated heterocycles. The number of ether oxygens (including phenoxy) is 2. The van der Waals surface area contributed by atoms with Gasteiger partial charge in [-0.3, -0.25) is 0 Å². The predicted octanol–water partition coefficient (Wildman–Crippen LogP) is 3.77. The molecule has 0 bridgehead atoms. The van der Waals surface area contributed by atoms with Gasteiger partial charge in [0.05, 0.1) is 24.1 Å². The number of aliphatic hydroxyl groups is 3. The Morgan fingerprint density at radius 3 is 2.29 bits per heavy atom. The zero-order valence-electron chi connectivity index (χ0n) is 19.4. The minimum Gasteiger partial charge on any atom is -0.491 e. The van der Waals surface area contributed by atoms with E-state index >= 15 is 0 Å². The van der Waals surface area contributed by atoms with Crippen molar-refractivity contribution < 1.29 is 24.8 Å². The van der Waals surface area contributed by atoms with Crippen LogP contribution in [0.15, 0.2) is 42.5 Å². The average Bonchev–Trinajstić information content (AvgIpc) is 3.20. The number of benzene rings is 2. The van der Waals surface area contributed by atoms with Crippen molar-refractivity contribution in [3.05, 3.63) is 68.0 Å². The topological polar surface area (TPSA) is 110 Å². The van der Waals surface area contributed by atoms with Crippen LogP contribution in [0.1, 0.15) is 30.7 Å². The molecular weight excluding hydrogens is 608 g/mol. The van der Waals surface area contributed by atoms with Crippen molar-refractivity contribution in [2.45, 2.75) is 44.6 Å². The molecule has 0 radical (unpaired) electrons. The minimum atomic E-state index is -0.790. The molecule has 3 rings (SSSR count). The highest BCUT2D eigenvalue weighted by Crippen LogP contribution is 2.36. The Labute approximate surface area is 227 Å². The SMILES string of the molecule is CC(C)(c1ccc(OC[C@@H](O)Cn2nnc(CO)c2I)cc1)c1ccc(OC[C@@H](O)CCl)c(Cl)c1. The van der Waals surface area contributed by atoms with E-state index in [1.807, 2.05) is 59.0 Å². The van der Waals surface area contributed by atoms with Gasteiger partial charge in [0.15, 0.2) is 0 Å². The number of hydrogen-bond donors (Lipinski definition) is 3. The highest BCUT2D eigenvalue weighted by Gasteiger charge is 2.24. The lowest BCUT2D eigenvalue weighted by Crippen LogP contribution is -2.25. The minimum absolute atomic E-state index is 0.0733. The molecule has 3 aromatic rings. The molecule has 0 aliphatic carbocycles. The van der Waals surface area contributed by atoms with Gasteiger partial charge in [-0.25, -0.2) is 4.68 Å². The van der Waals surface area contributed by atoms with Gasteiger partial charge in [0, 0.05) is 5.41 Å². The molecule has 0 fully saturated rings. The molecular formula is C24H28Cl2IN3O5. The first-order valence-corrected chi connectivity index (χ1v) is 12.9. The largest absolute Gasteiger partial charge is 0.491 e. The van der Waals surface area contributed by atoms with Crippen LogP contribution in [0.2, 0.25) is 5.02 Å². The number of hydrogen-bond acceptors (Lipinski definition) is 7. The smallest absolute Gasteiger partial charge is 0.138 e. The van der Waals surface area contributed by atoms with Crippen molar-refractivity contribution in [1.82, 2.24) is 15.0 Å². The van der Waals surface area contributed by atoms with Gasteiger partial charge in [0.25, 0.3) is 0 Å². The number of alkyl halides is 1. The summed E-state index contributed by atoms with van der Waals surface area (Å²) in [6.07, 6.45) is -1.54. The summed E-state index contributed by atoms with van der Waals surface area (Å²) in [6.45, 7) is 4.36. The zero-order valence-corrected chi connectivity index (χ0v) is 23.0. The second-order valence-electron chi connectivity index (χ2n) is 8.55. The summed E-state index contributed by atoms with van der Waals surface area (Å²) in [6, 6.07) is 13.3. The predicted molar refractivity (Wildman–Crippen MR) is 142 cm³/mol. The van der Waals surface area contributed by atoms with Gasteiger partial charge in [0.1, 0.15) is 46.3 Å². The fraction of sp³-hybridized carbons (Fsp3) is 0.417. The van der Waals surface area contributed by atoms with Crippen LogP contribution in [0.25, 0.3) is 0 Å². The van der Waals surface area contributed by atoms with Gasteiger partial charge in [-0.2, -0.15) is 0 Å². The molecule has 1 aromatic heterocycles. The number of nitrogens with zero attached hydrogens (tertiary/aromatic N) is 3. The maximum Gasteiger partial charge on any atom is 0.138 e. The van der Waals surface area contributed by atoms with Crippen molar-refractivity contribution >= 4 is 45.8 Å². The van der Waals surface area contributed by atoms with Gasteiger partial charge < -0.3 is 24.8 Å². The van der Waals surface area contributed by atoms with E-state index in [1.54, 1.807) is 6.07 Å². The third-order valence-electron chi connectivity index (χ3n) is 5.55. The molecule has 0 saturated carbocycles. The molecule has 0 unspecified atom stereocenters. The Hall–Kier alpha value is -1.63. The van der Waals surface area contributed by atoms with Crippen LogP contribution in [-0.4, -0.2) is 61.6 Å². The zero-order chi connectivity index (χ0) is 25.6. The van der Waals surface area contributed by atoms with Crippen molar-refractivity contribution in [1.29, 1.82) is 0 Å². The van der Waals surface area contributed by atoms with Crippen LogP contribution < -0.4 is 9.47 Å². The second-order valence-corrected chi connectivity index (χ2v) is 10.3. The second kappa shape index (κ2) is 12.6. The third-order valence-corrected chi connectivity index (χ3v) is 7.38. The molecule has 190 valence electrons. The number of aromatic nitrogens is 3. The van der Waals surface area contributed by atoms with Crippen molar-refractivity contribution in [2.24, 2.45) is 0 Å². The Bertz CT molecular complexity index is 1110. The van der Waals surface area contributed by atoms with Crippen LogP contribution >= 0.6 is 45.8 Å². The Balaban J connectivity index is 1.60. The van der Waals surface area contributed by atoms with Crippen LogP contribution in [-0.2, 0) is 18.6 Å². The standard InChI is InChI=1S/C24H28Cl2IN3O5/c1-24(2,16-5-8-22(20(26)9-16)35-13-17(32)10-25)15-3-6-19(7-4-15)34-14-18(33)11-30-23(27)21(12-31)28-29-30/h3-9,17-18,31-33H,10-14H2,1-2H3/t17-,18-/m0/s1. The van der Waals surface area contributed by atoms with E-state index in [1.165, 1.54) is 4.68 Å². The van der Waals surface area contributed by atoms with Crippen LogP contribution in [0.3, 0.4) is 0 Å². The summed E-state index contributed by atoms with van der Waals surface area (Å²) in [5.41, 5.74) is 2.19. The Morgan fingerprint density at radius 2 is 1.69 bits per heavy atom. The first-order chi connectivity index (χ1) is 16.6. The van der Waals surface area contributed by atoms with Crippen LogP contribution in [0, 0.1) is 3.70 Å². The summed E-state index contributed by atoms with van der Waals surface area (Å²) in [7, 11) is 0. The molecule has 11 heteroatoms. The van der Waals surface area contributed by atoms with E-state index in [-0.39, 0.29) is 37.7 Å². The maximum atomic E-state index is 10.3. The normalized spacial score (nSPS) is 13.5. The molecule has 0 aliphatic heterocycles. The monoisotopic (exact) mass is 635 g/mol. The first kappa shape index (κ1) is 27.9. The number of aliphatic hydroxyl groups excluding tert-OH is 3. The van der Waals surface area contributed by atoms with Crippen LogP contribution in [0.5, 0.6) is 11.5 Å². The Morgan fingerprint density at radius 1 is 1.03 bits per heavy atom. The van der Waals surface area contributed by atoms with E-state index in [0.29, 0.717) is 25.9 Å². The lowest BCUT2D eigenvalue weighted by Gasteiger charge is -2.27. The molecule has 2 aromatic carbocycles. The number of rotatable bonds is 12. The number of halogens is 3.